The monoisotopic (exact) mass is 525 g/mol. The number of hydrogen-bond acceptors (Lipinski definition) is 5. The summed E-state index contributed by atoms with van der Waals surface area (Å²) in [4.78, 5) is 42.2. The fraction of sp³-hybridized carbons (Fsp3) is 0.500. The second-order valence-electron chi connectivity index (χ2n) is 11.9. The molecule has 2 atom stereocenters. The van der Waals surface area contributed by atoms with Gasteiger partial charge in [-0.2, -0.15) is 0 Å². The Morgan fingerprint density at radius 3 is 2.08 bits per heavy atom. The summed E-state index contributed by atoms with van der Waals surface area (Å²) in [5.41, 5.74) is 0.509. The lowest BCUT2D eigenvalue weighted by atomic mass is 9.92. The predicted octanol–water partition coefficient (Wildman–Crippen LogP) is 5.23. The molecule has 0 aromatic heterocycles. The highest BCUT2D eigenvalue weighted by atomic mass is 16.6. The molecule has 38 heavy (non-hydrogen) atoms. The molecular formula is C30H43N3O5. The van der Waals surface area contributed by atoms with Crippen molar-refractivity contribution >= 4 is 17.9 Å². The van der Waals surface area contributed by atoms with Gasteiger partial charge in [-0.15, -0.1) is 0 Å². The number of hydrogen-bond donors (Lipinski definition) is 3. The molecule has 0 bridgehead atoms. The van der Waals surface area contributed by atoms with E-state index >= 15 is 0 Å². The van der Waals surface area contributed by atoms with E-state index in [1.807, 2.05) is 65.0 Å². The van der Waals surface area contributed by atoms with E-state index in [1.54, 1.807) is 39.8 Å². The lowest BCUT2D eigenvalue weighted by Crippen LogP contribution is -2.59. The number of alkyl carbamates (subject to hydrolysis) is 1. The maximum absolute atomic E-state index is 14.2. The molecular weight excluding hydrogens is 482 g/mol. The molecule has 208 valence electrons. The van der Waals surface area contributed by atoms with E-state index in [4.69, 9.17) is 4.74 Å². The summed E-state index contributed by atoms with van der Waals surface area (Å²) in [6.07, 6.45) is -0.705. The van der Waals surface area contributed by atoms with E-state index in [1.165, 1.54) is 11.0 Å². The van der Waals surface area contributed by atoms with E-state index in [0.29, 0.717) is 11.1 Å². The van der Waals surface area contributed by atoms with Crippen molar-refractivity contribution in [3.63, 3.8) is 0 Å². The minimum absolute atomic E-state index is 0.0949. The Kier molecular flexibility index (Phi) is 9.95. The van der Waals surface area contributed by atoms with Gasteiger partial charge in [-0.05, 0) is 83.2 Å². The molecule has 3 N–H and O–H groups in total. The van der Waals surface area contributed by atoms with Crippen molar-refractivity contribution in [2.45, 2.75) is 92.1 Å². The first-order valence-electron chi connectivity index (χ1n) is 12.9. The van der Waals surface area contributed by atoms with E-state index in [0.717, 1.165) is 5.56 Å². The number of ether oxygens (including phenoxy) is 1. The molecule has 8 nitrogen and oxygen atoms in total. The molecule has 0 fully saturated rings. The van der Waals surface area contributed by atoms with Crippen LogP contribution in [0.5, 0.6) is 5.75 Å². The van der Waals surface area contributed by atoms with Crippen LogP contribution in [-0.4, -0.2) is 45.1 Å². The normalized spacial score (nSPS) is 13.4. The van der Waals surface area contributed by atoms with Gasteiger partial charge in [0.05, 0.1) is 0 Å². The van der Waals surface area contributed by atoms with E-state index in [9.17, 15) is 19.5 Å². The molecule has 8 heteroatoms. The summed E-state index contributed by atoms with van der Waals surface area (Å²) in [5.74, 6) is -0.974. The van der Waals surface area contributed by atoms with Crippen molar-refractivity contribution < 1.29 is 24.2 Å². The van der Waals surface area contributed by atoms with E-state index in [-0.39, 0.29) is 24.1 Å². The van der Waals surface area contributed by atoms with Gasteiger partial charge in [-0.3, -0.25) is 9.59 Å². The molecule has 0 radical (unpaired) electrons. The number of rotatable bonds is 8. The highest BCUT2D eigenvalue weighted by Crippen LogP contribution is 2.33. The number of aromatic hydroxyl groups is 1. The first-order valence-corrected chi connectivity index (χ1v) is 12.9. The Balaban J connectivity index is 2.54. The first kappa shape index (κ1) is 30.7. The van der Waals surface area contributed by atoms with Crippen LogP contribution in [0.15, 0.2) is 48.5 Å². The van der Waals surface area contributed by atoms with Crippen molar-refractivity contribution in [2.75, 3.05) is 0 Å². The van der Waals surface area contributed by atoms with Gasteiger partial charge < -0.3 is 25.4 Å². The molecule has 2 rings (SSSR count). The topological polar surface area (TPSA) is 108 Å². The number of nitrogens with one attached hydrogen (secondary N) is 2. The van der Waals surface area contributed by atoms with Crippen molar-refractivity contribution in [1.82, 2.24) is 15.5 Å². The van der Waals surface area contributed by atoms with Crippen LogP contribution < -0.4 is 10.6 Å². The second kappa shape index (κ2) is 12.3. The average Bonchev–Trinajstić information content (AvgIpc) is 2.79. The Labute approximate surface area is 226 Å². The summed E-state index contributed by atoms with van der Waals surface area (Å²) in [7, 11) is 0. The van der Waals surface area contributed by atoms with Crippen LogP contribution >= 0.6 is 0 Å². The molecule has 0 aliphatic carbocycles. The zero-order chi connectivity index (χ0) is 28.8. The lowest BCUT2D eigenvalue weighted by Gasteiger charge is -2.43. The van der Waals surface area contributed by atoms with Crippen LogP contribution in [0.4, 0.5) is 4.79 Å². The largest absolute Gasteiger partial charge is 0.508 e. The first-order chi connectivity index (χ1) is 17.5. The van der Waals surface area contributed by atoms with Crippen LogP contribution in [0, 0.1) is 12.8 Å². The highest BCUT2D eigenvalue weighted by molar-refractivity contribution is 5.92. The quantitative estimate of drug-likeness (QED) is 0.437. The molecule has 3 amide bonds. The van der Waals surface area contributed by atoms with Crippen LogP contribution in [-0.2, 0) is 20.9 Å². The molecule has 0 heterocycles. The van der Waals surface area contributed by atoms with Crippen molar-refractivity contribution in [2.24, 2.45) is 5.92 Å². The zero-order valence-corrected chi connectivity index (χ0v) is 24.1. The van der Waals surface area contributed by atoms with E-state index < -0.39 is 35.2 Å². The summed E-state index contributed by atoms with van der Waals surface area (Å²) >= 11 is 0. The van der Waals surface area contributed by atoms with Crippen molar-refractivity contribution in [3.8, 4) is 5.75 Å². The third kappa shape index (κ3) is 8.50. The Morgan fingerprint density at radius 1 is 0.974 bits per heavy atom. The minimum Gasteiger partial charge on any atom is -0.508 e. The number of carbonyl (C=O) groups excluding carboxylic acids is 3. The fourth-order valence-electron chi connectivity index (χ4n) is 4.09. The SMILES string of the molecule is Cc1cc(C(C(=O)NCc2ccccc2)N(C(=O)C(NC(=O)OC(C)(C)C)C(C)C)C(C)(C)C)ccc1O. The average molecular weight is 526 g/mol. The van der Waals surface area contributed by atoms with Crippen molar-refractivity contribution in [3.05, 3.63) is 65.2 Å². The van der Waals surface area contributed by atoms with Gasteiger partial charge >= 0.3 is 6.09 Å². The predicted molar refractivity (Wildman–Crippen MR) is 148 cm³/mol. The van der Waals surface area contributed by atoms with Gasteiger partial charge in [0.25, 0.3) is 0 Å². The summed E-state index contributed by atoms with van der Waals surface area (Å²) < 4.78 is 5.42. The number of aryl methyl sites for hydroxylation is 1. The Morgan fingerprint density at radius 2 is 1.58 bits per heavy atom. The third-order valence-corrected chi connectivity index (χ3v) is 5.92. The van der Waals surface area contributed by atoms with Gasteiger partial charge in [-0.25, -0.2) is 4.79 Å². The summed E-state index contributed by atoms with van der Waals surface area (Å²) in [5, 5.41) is 15.8. The van der Waals surface area contributed by atoms with Gasteiger partial charge in [0.2, 0.25) is 11.8 Å². The van der Waals surface area contributed by atoms with Gasteiger partial charge in [0.1, 0.15) is 23.4 Å². The zero-order valence-electron chi connectivity index (χ0n) is 24.1. The number of benzene rings is 2. The molecule has 0 aliphatic heterocycles. The van der Waals surface area contributed by atoms with E-state index in [2.05, 4.69) is 10.6 Å². The Bertz CT molecular complexity index is 1120. The molecule has 2 aromatic rings. The molecule has 2 unspecified atom stereocenters. The maximum atomic E-state index is 14.2. The third-order valence-electron chi connectivity index (χ3n) is 5.92. The summed E-state index contributed by atoms with van der Waals surface area (Å²) in [6, 6.07) is 12.4. The number of phenolic OH excluding ortho intramolecular Hbond substituents is 1. The standard InChI is InChI=1S/C30H43N3O5/c1-19(2)24(32-28(37)38-30(7,8)9)27(36)33(29(4,5)6)25(22-15-16-23(34)20(3)17-22)26(35)31-18-21-13-11-10-12-14-21/h10-17,19,24-25,34H,18H2,1-9H3,(H,31,35)(H,32,37). The molecule has 2 aromatic carbocycles. The summed E-state index contributed by atoms with van der Waals surface area (Å²) in [6.45, 7) is 16.5. The highest BCUT2D eigenvalue weighted by Gasteiger charge is 2.42. The Hall–Kier alpha value is -3.55. The van der Waals surface area contributed by atoms with Crippen LogP contribution in [0.1, 0.15) is 78.1 Å². The van der Waals surface area contributed by atoms with Crippen LogP contribution in [0.3, 0.4) is 0 Å². The molecule has 0 spiro atoms. The molecule has 0 saturated carbocycles. The van der Waals surface area contributed by atoms with Crippen LogP contribution in [0.2, 0.25) is 0 Å². The fourth-order valence-corrected chi connectivity index (χ4v) is 4.09. The molecule has 0 saturated heterocycles. The smallest absolute Gasteiger partial charge is 0.408 e. The lowest BCUT2D eigenvalue weighted by molar-refractivity contribution is -0.149. The maximum Gasteiger partial charge on any atom is 0.408 e. The molecule has 0 aliphatic rings. The number of phenols is 1. The van der Waals surface area contributed by atoms with Crippen LogP contribution in [0.25, 0.3) is 0 Å². The number of nitrogens with zero attached hydrogens (tertiary/aromatic N) is 1. The van der Waals surface area contributed by atoms with Gasteiger partial charge in [-0.1, -0.05) is 50.2 Å². The minimum atomic E-state index is -1.02. The second-order valence-corrected chi connectivity index (χ2v) is 11.9. The van der Waals surface area contributed by atoms with Crippen molar-refractivity contribution in [1.29, 1.82) is 0 Å². The number of amides is 3. The van der Waals surface area contributed by atoms with Gasteiger partial charge in [0.15, 0.2) is 0 Å². The van der Waals surface area contributed by atoms with Gasteiger partial charge in [0, 0.05) is 12.1 Å². The number of carbonyl (C=O) groups is 3.